The van der Waals surface area contributed by atoms with Crippen molar-refractivity contribution in [2.45, 2.75) is 60.9 Å². The normalized spacial score (nSPS) is 14.6. The molecule has 0 aliphatic rings. The van der Waals surface area contributed by atoms with Crippen LogP contribution in [0.4, 0.5) is 0 Å². The van der Waals surface area contributed by atoms with Gasteiger partial charge in [0, 0.05) is 0 Å². The van der Waals surface area contributed by atoms with Crippen LogP contribution in [0, 0.1) is 16.2 Å². The molecule has 0 spiro atoms. The molecule has 0 unspecified atom stereocenters. The first-order chi connectivity index (χ1) is 7.45. The van der Waals surface area contributed by atoms with Gasteiger partial charge in [-0.05, 0) is 48.8 Å². The number of nitroso groups, excluding NO2 is 1. The molecule has 0 atom stereocenters. The van der Waals surface area contributed by atoms with Crippen LogP contribution in [0.1, 0.15) is 55.4 Å². The van der Waals surface area contributed by atoms with Crippen LogP contribution in [0.15, 0.2) is 28.5 Å². The number of nitrogens with zero attached hydrogens (tertiary/aromatic N) is 1. The van der Waals surface area contributed by atoms with E-state index in [1.807, 2.05) is 13.8 Å². The molecule has 0 radical (unpaired) electrons. The topological polar surface area (TPSA) is 29.4 Å². The molecule has 0 saturated heterocycles. The minimum Gasteiger partial charge on any atom is -0.150 e. The molecule has 2 nitrogen and oxygen atoms in total. The second kappa shape index (κ2) is 5.16. The lowest BCUT2D eigenvalue weighted by Crippen LogP contribution is -2.30. The Balaban J connectivity index is 5.89. The van der Waals surface area contributed by atoms with Crippen LogP contribution in [0.2, 0.25) is 0 Å². The van der Waals surface area contributed by atoms with E-state index in [9.17, 15) is 4.91 Å². The smallest absolute Gasteiger partial charge is 0.119 e. The fourth-order valence-electron chi connectivity index (χ4n) is 2.58. The van der Waals surface area contributed by atoms with Gasteiger partial charge in [0.25, 0.3) is 0 Å². The molecule has 0 aromatic carbocycles. The van der Waals surface area contributed by atoms with Crippen molar-refractivity contribution in [3.05, 3.63) is 28.2 Å². The van der Waals surface area contributed by atoms with E-state index in [0.29, 0.717) is 5.92 Å². The van der Waals surface area contributed by atoms with Gasteiger partial charge in [0.1, 0.15) is 5.54 Å². The number of hydrogen-bond acceptors (Lipinski definition) is 2. The molecule has 0 fully saturated rings. The van der Waals surface area contributed by atoms with Crippen molar-refractivity contribution < 1.29 is 0 Å². The predicted molar refractivity (Wildman–Crippen MR) is 76.0 cm³/mol. The second-order valence-electron chi connectivity index (χ2n) is 6.58. The molecule has 0 aromatic rings. The quantitative estimate of drug-likeness (QED) is 0.493. The van der Waals surface area contributed by atoms with Crippen LogP contribution >= 0.6 is 0 Å². The number of hydrogen-bond donors (Lipinski definition) is 0. The van der Waals surface area contributed by atoms with Gasteiger partial charge in [0.15, 0.2) is 0 Å². The summed E-state index contributed by atoms with van der Waals surface area (Å²) < 4.78 is 0. The maximum Gasteiger partial charge on any atom is 0.119 e. The Kier molecular flexibility index (Phi) is 4.88. The molecule has 0 N–H and O–H groups in total. The summed E-state index contributed by atoms with van der Waals surface area (Å²) in [6.45, 7) is 20.5. The number of allylic oxidation sites excluding steroid dienone is 2. The molecule has 0 saturated carbocycles. The molecule has 2 heteroatoms. The van der Waals surface area contributed by atoms with Crippen molar-refractivity contribution in [2.24, 2.45) is 16.5 Å². The maximum atomic E-state index is 11.1. The SMILES string of the molecule is C=C(/C(C)=C(/C(C)(C)C)C(C)(C)N=O)C(C)C. The zero-order valence-electron chi connectivity index (χ0n) is 12.6. The highest BCUT2D eigenvalue weighted by Crippen LogP contribution is 2.40. The fraction of sp³-hybridized carbons (Fsp3) is 0.733. The van der Waals surface area contributed by atoms with Gasteiger partial charge >= 0.3 is 0 Å². The fourth-order valence-corrected chi connectivity index (χ4v) is 2.58. The third-order valence-corrected chi connectivity index (χ3v) is 3.14. The lowest BCUT2D eigenvalue weighted by atomic mass is 9.72. The maximum absolute atomic E-state index is 11.1. The molecule has 0 rings (SSSR count). The van der Waals surface area contributed by atoms with Gasteiger partial charge in [-0.2, -0.15) is 0 Å². The van der Waals surface area contributed by atoms with E-state index in [0.717, 1.165) is 16.7 Å². The van der Waals surface area contributed by atoms with Crippen molar-refractivity contribution in [3.63, 3.8) is 0 Å². The third-order valence-electron chi connectivity index (χ3n) is 3.14. The number of rotatable bonds is 4. The Morgan fingerprint density at radius 2 is 1.53 bits per heavy atom. The van der Waals surface area contributed by atoms with Crippen molar-refractivity contribution >= 4 is 0 Å². The average molecular weight is 237 g/mol. The summed E-state index contributed by atoms with van der Waals surface area (Å²) in [4.78, 5) is 11.1. The first kappa shape index (κ1) is 16.1. The van der Waals surface area contributed by atoms with Gasteiger partial charge < -0.3 is 0 Å². The van der Waals surface area contributed by atoms with E-state index in [1.54, 1.807) is 0 Å². The second-order valence-corrected chi connectivity index (χ2v) is 6.58. The van der Waals surface area contributed by atoms with Crippen LogP contribution in [-0.2, 0) is 0 Å². The first-order valence-corrected chi connectivity index (χ1v) is 6.20. The zero-order valence-corrected chi connectivity index (χ0v) is 12.6. The van der Waals surface area contributed by atoms with Crippen LogP contribution in [0.5, 0.6) is 0 Å². The first-order valence-electron chi connectivity index (χ1n) is 6.20. The summed E-state index contributed by atoms with van der Waals surface area (Å²) in [5, 5.41) is 3.30. The van der Waals surface area contributed by atoms with Crippen molar-refractivity contribution in [3.8, 4) is 0 Å². The monoisotopic (exact) mass is 237 g/mol. The molecule has 98 valence electrons. The molecule has 0 amide bonds. The van der Waals surface area contributed by atoms with Crippen molar-refractivity contribution in [1.29, 1.82) is 0 Å². The summed E-state index contributed by atoms with van der Waals surface area (Å²) in [6.07, 6.45) is 0. The Hall–Kier alpha value is -0.920. The van der Waals surface area contributed by atoms with Gasteiger partial charge in [0.2, 0.25) is 0 Å². The van der Waals surface area contributed by atoms with E-state index in [-0.39, 0.29) is 5.41 Å². The van der Waals surface area contributed by atoms with E-state index in [2.05, 4.69) is 53.3 Å². The third kappa shape index (κ3) is 3.79. The average Bonchev–Trinajstić information content (AvgIpc) is 2.13. The highest BCUT2D eigenvalue weighted by molar-refractivity contribution is 5.40. The summed E-state index contributed by atoms with van der Waals surface area (Å²) in [5.74, 6) is 0.384. The van der Waals surface area contributed by atoms with E-state index in [4.69, 9.17) is 0 Å². The van der Waals surface area contributed by atoms with Gasteiger partial charge in [-0.15, -0.1) is 4.91 Å². The van der Waals surface area contributed by atoms with Crippen LogP contribution in [-0.4, -0.2) is 5.54 Å². The lowest BCUT2D eigenvalue weighted by Gasteiger charge is -2.34. The van der Waals surface area contributed by atoms with Crippen LogP contribution in [0.25, 0.3) is 0 Å². The zero-order chi connectivity index (χ0) is 14.0. The van der Waals surface area contributed by atoms with E-state index < -0.39 is 5.54 Å². The summed E-state index contributed by atoms with van der Waals surface area (Å²) in [6, 6.07) is 0. The van der Waals surface area contributed by atoms with E-state index >= 15 is 0 Å². The summed E-state index contributed by atoms with van der Waals surface area (Å²) in [7, 11) is 0. The lowest BCUT2D eigenvalue weighted by molar-refractivity contribution is 0.407. The molecule has 0 aliphatic heterocycles. The van der Waals surface area contributed by atoms with Crippen LogP contribution in [0.3, 0.4) is 0 Å². The molecular weight excluding hydrogens is 210 g/mol. The van der Waals surface area contributed by atoms with Crippen molar-refractivity contribution in [2.75, 3.05) is 0 Å². The minimum absolute atomic E-state index is 0.0840. The Labute approximate surface area is 106 Å². The molecule has 0 aliphatic carbocycles. The Morgan fingerprint density at radius 1 is 1.12 bits per heavy atom. The molecule has 0 aromatic heterocycles. The predicted octanol–water partition coefficient (Wildman–Crippen LogP) is 5.11. The largest absolute Gasteiger partial charge is 0.150 e. The van der Waals surface area contributed by atoms with Crippen LogP contribution < -0.4 is 0 Å². The minimum atomic E-state index is -0.680. The van der Waals surface area contributed by atoms with Crippen molar-refractivity contribution in [1.82, 2.24) is 0 Å². The highest BCUT2D eigenvalue weighted by atomic mass is 16.3. The molecule has 0 heterocycles. The molecule has 0 bridgehead atoms. The van der Waals surface area contributed by atoms with Gasteiger partial charge in [0.05, 0.1) is 0 Å². The molecular formula is C15H27NO. The van der Waals surface area contributed by atoms with Gasteiger partial charge in [-0.25, -0.2) is 0 Å². The van der Waals surface area contributed by atoms with E-state index in [1.165, 1.54) is 0 Å². The summed E-state index contributed by atoms with van der Waals surface area (Å²) in [5.41, 5.74) is 2.53. The Bertz CT molecular complexity index is 340. The van der Waals surface area contributed by atoms with Gasteiger partial charge in [-0.1, -0.05) is 46.4 Å². The summed E-state index contributed by atoms with van der Waals surface area (Å²) >= 11 is 0. The molecule has 17 heavy (non-hydrogen) atoms. The standard InChI is InChI=1S/C15H27NO/c1-10(2)11(3)12(4)13(14(5,6)7)15(8,9)16-17/h10H,3H2,1-2,4-9H3/b13-12-. The Morgan fingerprint density at radius 3 is 1.76 bits per heavy atom. The highest BCUT2D eigenvalue weighted by Gasteiger charge is 2.35. The van der Waals surface area contributed by atoms with Gasteiger partial charge in [-0.3, -0.25) is 0 Å².